The van der Waals surface area contributed by atoms with Gasteiger partial charge in [0.1, 0.15) is 0 Å². The third kappa shape index (κ3) is 4.39. The summed E-state index contributed by atoms with van der Waals surface area (Å²) >= 11 is 0. The number of guanidine groups is 1. The van der Waals surface area contributed by atoms with Crippen molar-refractivity contribution in [1.82, 2.24) is 10.7 Å². The molecular weight excluding hydrogens is 200 g/mol. The molecule has 0 radical (unpaired) electrons. The molecule has 0 spiro atoms. The fraction of sp³-hybridized carbons (Fsp3) is 0.917. The first-order valence-electron chi connectivity index (χ1n) is 6.40. The SMILES string of the molecule is CCCC(C)(C)NC(=NC1CCCC1)NN. The van der Waals surface area contributed by atoms with E-state index in [4.69, 9.17) is 5.84 Å². The molecule has 0 saturated heterocycles. The number of aliphatic imine (C=N–C) groups is 1. The van der Waals surface area contributed by atoms with E-state index in [1.54, 1.807) is 0 Å². The molecule has 4 nitrogen and oxygen atoms in total. The van der Waals surface area contributed by atoms with Crippen molar-refractivity contribution in [1.29, 1.82) is 0 Å². The lowest BCUT2D eigenvalue weighted by Crippen LogP contribution is -2.51. The van der Waals surface area contributed by atoms with Gasteiger partial charge in [0.25, 0.3) is 0 Å². The van der Waals surface area contributed by atoms with Gasteiger partial charge in [-0.3, -0.25) is 5.43 Å². The first-order chi connectivity index (χ1) is 7.57. The van der Waals surface area contributed by atoms with Crippen LogP contribution < -0.4 is 16.6 Å². The first kappa shape index (κ1) is 13.3. The Kier molecular flexibility index (Phi) is 5.06. The van der Waals surface area contributed by atoms with Gasteiger partial charge in [-0.1, -0.05) is 26.2 Å². The molecular formula is C12H26N4. The van der Waals surface area contributed by atoms with Crippen LogP contribution in [-0.4, -0.2) is 17.5 Å². The molecule has 0 aromatic heterocycles. The Morgan fingerprint density at radius 1 is 1.38 bits per heavy atom. The summed E-state index contributed by atoms with van der Waals surface area (Å²) in [5.74, 6) is 6.25. The van der Waals surface area contributed by atoms with Crippen LogP contribution in [0.3, 0.4) is 0 Å². The van der Waals surface area contributed by atoms with Crippen molar-refractivity contribution >= 4 is 5.96 Å². The molecule has 1 rings (SSSR count). The van der Waals surface area contributed by atoms with E-state index in [0.717, 1.165) is 18.8 Å². The zero-order valence-electron chi connectivity index (χ0n) is 10.8. The third-order valence-electron chi connectivity index (χ3n) is 3.10. The Bertz CT molecular complexity index is 229. The van der Waals surface area contributed by atoms with Crippen molar-refractivity contribution in [3.05, 3.63) is 0 Å². The standard InChI is InChI=1S/C12H26N4/c1-4-9-12(2,3)15-11(16-13)14-10-7-5-6-8-10/h10H,4-9,13H2,1-3H3,(H2,14,15,16). The van der Waals surface area contributed by atoms with E-state index in [9.17, 15) is 0 Å². The Labute approximate surface area is 99.1 Å². The van der Waals surface area contributed by atoms with Crippen LogP contribution in [0, 0.1) is 0 Å². The van der Waals surface area contributed by atoms with Crippen LogP contribution in [0.5, 0.6) is 0 Å². The minimum Gasteiger partial charge on any atom is -0.350 e. The molecule has 4 heteroatoms. The maximum absolute atomic E-state index is 5.51. The summed E-state index contributed by atoms with van der Waals surface area (Å²) < 4.78 is 0. The predicted molar refractivity (Wildman–Crippen MR) is 69.1 cm³/mol. The highest BCUT2D eigenvalue weighted by Crippen LogP contribution is 2.21. The number of hydrogen-bond donors (Lipinski definition) is 3. The highest BCUT2D eigenvalue weighted by molar-refractivity contribution is 5.80. The largest absolute Gasteiger partial charge is 0.350 e. The summed E-state index contributed by atoms with van der Waals surface area (Å²) in [7, 11) is 0. The second-order valence-electron chi connectivity index (χ2n) is 5.32. The van der Waals surface area contributed by atoms with Gasteiger partial charge in [0.05, 0.1) is 6.04 Å². The van der Waals surface area contributed by atoms with Gasteiger partial charge < -0.3 is 5.32 Å². The summed E-state index contributed by atoms with van der Waals surface area (Å²) in [4.78, 5) is 4.63. The van der Waals surface area contributed by atoms with Crippen LogP contribution in [0.1, 0.15) is 59.3 Å². The van der Waals surface area contributed by atoms with Gasteiger partial charge in [0.15, 0.2) is 0 Å². The van der Waals surface area contributed by atoms with Crippen LogP contribution in [0.15, 0.2) is 4.99 Å². The maximum atomic E-state index is 5.51. The molecule has 1 saturated carbocycles. The Hall–Kier alpha value is -0.770. The molecule has 16 heavy (non-hydrogen) atoms. The van der Waals surface area contributed by atoms with Crippen molar-refractivity contribution in [2.45, 2.75) is 70.9 Å². The Morgan fingerprint density at radius 2 is 2.00 bits per heavy atom. The lowest BCUT2D eigenvalue weighted by atomic mass is 9.99. The molecule has 0 aromatic carbocycles. The minimum absolute atomic E-state index is 0.0541. The summed E-state index contributed by atoms with van der Waals surface area (Å²) in [6.45, 7) is 6.54. The zero-order valence-corrected chi connectivity index (χ0v) is 10.8. The zero-order chi connectivity index (χ0) is 12.0. The van der Waals surface area contributed by atoms with Crippen molar-refractivity contribution in [2.75, 3.05) is 0 Å². The summed E-state index contributed by atoms with van der Waals surface area (Å²) in [5.41, 5.74) is 2.74. The molecule has 4 N–H and O–H groups in total. The fourth-order valence-corrected chi connectivity index (χ4v) is 2.33. The average molecular weight is 226 g/mol. The molecule has 0 aromatic rings. The Morgan fingerprint density at radius 3 is 2.50 bits per heavy atom. The highest BCUT2D eigenvalue weighted by atomic mass is 15.3. The number of nitrogens with one attached hydrogen (secondary N) is 2. The van der Waals surface area contributed by atoms with Gasteiger partial charge in [-0.15, -0.1) is 0 Å². The van der Waals surface area contributed by atoms with E-state index in [-0.39, 0.29) is 5.54 Å². The second-order valence-corrected chi connectivity index (χ2v) is 5.32. The third-order valence-corrected chi connectivity index (χ3v) is 3.10. The van der Waals surface area contributed by atoms with Crippen LogP contribution in [-0.2, 0) is 0 Å². The van der Waals surface area contributed by atoms with Gasteiger partial charge in [-0.25, -0.2) is 10.8 Å². The molecule has 0 unspecified atom stereocenters. The molecule has 1 aliphatic carbocycles. The van der Waals surface area contributed by atoms with Gasteiger partial charge in [-0.05, 0) is 33.1 Å². The monoisotopic (exact) mass is 226 g/mol. The van der Waals surface area contributed by atoms with E-state index in [1.807, 2.05) is 0 Å². The van der Waals surface area contributed by atoms with Crippen LogP contribution in [0.2, 0.25) is 0 Å². The average Bonchev–Trinajstić information content (AvgIpc) is 2.69. The molecule has 1 aliphatic rings. The van der Waals surface area contributed by atoms with Gasteiger partial charge in [0.2, 0.25) is 5.96 Å². The van der Waals surface area contributed by atoms with Crippen molar-refractivity contribution in [2.24, 2.45) is 10.8 Å². The van der Waals surface area contributed by atoms with Gasteiger partial charge in [0, 0.05) is 5.54 Å². The van der Waals surface area contributed by atoms with E-state index >= 15 is 0 Å². The first-order valence-corrected chi connectivity index (χ1v) is 6.40. The van der Waals surface area contributed by atoms with E-state index < -0.39 is 0 Å². The Balaban J connectivity index is 2.52. The van der Waals surface area contributed by atoms with Crippen LogP contribution in [0.4, 0.5) is 0 Å². The number of nitrogens with zero attached hydrogens (tertiary/aromatic N) is 1. The minimum atomic E-state index is 0.0541. The van der Waals surface area contributed by atoms with Crippen LogP contribution >= 0.6 is 0 Å². The topological polar surface area (TPSA) is 62.4 Å². The van der Waals surface area contributed by atoms with E-state index in [2.05, 4.69) is 36.5 Å². The number of hydrogen-bond acceptors (Lipinski definition) is 2. The van der Waals surface area contributed by atoms with Crippen molar-refractivity contribution in [3.8, 4) is 0 Å². The van der Waals surface area contributed by atoms with Gasteiger partial charge >= 0.3 is 0 Å². The number of hydrazine groups is 1. The van der Waals surface area contributed by atoms with Crippen molar-refractivity contribution in [3.63, 3.8) is 0 Å². The normalized spacial score (nSPS) is 18.9. The predicted octanol–water partition coefficient (Wildman–Crippen LogP) is 1.92. The number of nitrogens with two attached hydrogens (primary N) is 1. The molecule has 0 atom stereocenters. The molecule has 0 bridgehead atoms. The molecule has 0 amide bonds. The molecule has 1 fully saturated rings. The smallest absolute Gasteiger partial charge is 0.206 e. The molecule has 94 valence electrons. The molecule has 0 aliphatic heterocycles. The lowest BCUT2D eigenvalue weighted by molar-refractivity contribution is 0.413. The van der Waals surface area contributed by atoms with Crippen molar-refractivity contribution < 1.29 is 0 Å². The van der Waals surface area contributed by atoms with Gasteiger partial charge in [-0.2, -0.15) is 0 Å². The van der Waals surface area contributed by atoms with E-state index in [0.29, 0.717) is 6.04 Å². The summed E-state index contributed by atoms with van der Waals surface area (Å²) in [6, 6.07) is 0.455. The highest BCUT2D eigenvalue weighted by Gasteiger charge is 2.19. The maximum Gasteiger partial charge on any atom is 0.206 e. The number of rotatable bonds is 4. The fourth-order valence-electron chi connectivity index (χ4n) is 2.33. The summed E-state index contributed by atoms with van der Waals surface area (Å²) in [6.07, 6.45) is 7.25. The molecule has 0 heterocycles. The van der Waals surface area contributed by atoms with Crippen LogP contribution in [0.25, 0.3) is 0 Å². The quantitative estimate of drug-likeness (QED) is 0.297. The lowest BCUT2D eigenvalue weighted by Gasteiger charge is -2.27. The second kappa shape index (κ2) is 6.09. The van der Waals surface area contributed by atoms with E-state index in [1.165, 1.54) is 25.7 Å². The summed E-state index contributed by atoms with van der Waals surface area (Å²) in [5, 5.41) is 3.38.